The molecule has 1 aromatic heterocycles. The van der Waals surface area contributed by atoms with E-state index in [0.717, 1.165) is 12.3 Å². The van der Waals surface area contributed by atoms with E-state index in [4.69, 9.17) is 11.6 Å². The molecular formula is C13H21ClN2O3S. The SMILES string of the molecule is CC(C)(C)CC(C)(C)NS(=O)(=O)c1c[nH]c(=O)c(Cl)c1. The summed E-state index contributed by atoms with van der Waals surface area (Å²) >= 11 is 5.66. The van der Waals surface area contributed by atoms with Crippen molar-refractivity contribution in [2.24, 2.45) is 5.41 Å². The van der Waals surface area contributed by atoms with Crippen molar-refractivity contribution in [1.29, 1.82) is 0 Å². The van der Waals surface area contributed by atoms with Gasteiger partial charge in [0.25, 0.3) is 5.56 Å². The number of nitrogens with one attached hydrogen (secondary N) is 2. The van der Waals surface area contributed by atoms with Crippen molar-refractivity contribution in [1.82, 2.24) is 9.71 Å². The van der Waals surface area contributed by atoms with Crippen molar-refractivity contribution in [3.05, 3.63) is 27.6 Å². The molecule has 5 nitrogen and oxygen atoms in total. The lowest BCUT2D eigenvalue weighted by atomic mass is 9.82. The van der Waals surface area contributed by atoms with Crippen LogP contribution in [0.4, 0.5) is 0 Å². The third kappa shape index (κ3) is 4.92. The fourth-order valence-corrected chi connectivity index (χ4v) is 4.02. The van der Waals surface area contributed by atoms with E-state index in [2.05, 4.69) is 9.71 Å². The smallest absolute Gasteiger partial charge is 0.266 e. The van der Waals surface area contributed by atoms with E-state index in [9.17, 15) is 13.2 Å². The number of pyridine rings is 1. The zero-order valence-corrected chi connectivity index (χ0v) is 13.9. The first kappa shape index (κ1) is 17.2. The van der Waals surface area contributed by atoms with Crippen LogP contribution in [-0.4, -0.2) is 18.9 Å². The lowest BCUT2D eigenvalue weighted by molar-refractivity contribution is 0.269. The zero-order chi connectivity index (χ0) is 15.8. The normalized spacial score (nSPS) is 13.5. The largest absolute Gasteiger partial charge is 0.326 e. The molecule has 0 aliphatic heterocycles. The summed E-state index contributed by atoms with van der Waals surface area (Å²) in [7, 11) is -3.73. The fraction of sp³-hybridized carbons (Fsp3) is 0.615. The third-order valence-corrected chi connectivity index (χ3v) is 4.48. The van der Waals surface area contributed by atoms with E-state index < -0.39 is 21.1 Å². The summed E-state index contributed by atoms with van der Waals surface area (Å²) in [6.07, 6.45) is 1.81. The minimum atomic E-state index is -3.73. The summed E-state index contributed by atoms with van der Waals surface area (Å²) in [6.45, 7) is 9.77. The third-order valence-electron chi connectivity index (χ3n) is 2.52. The molecule has 0 unspecified atom stereocenters. The number of rotatable bonds is 4. The summed E-state index contributed by atoms with van der Waals surface area (Å²) in [4.78, 5) is 13.4. The van der Waals surface area contributed by atoms with Crippen LogP contribution in [0.3, 0.4) is 0 Å². The van der Waals surface area contributed by atoms with Crippen LogP contribution in [0.1, 0.15) is 41.0 Å². The summed E-state index contributed by atoms with van der Waals surface area (Å²) in [5.41, 5.74) is -1.14. The topological polar surface area (TPSA) is 79.0 Å². The first-order valence-corrected chi connectivity index (χ1v) is 8.11. The highest BCUT2D eigenvalue weighted by Gasteiger charge is 2.30. The Morgan fingerprint density at radius 2 is 1.80 bits per heavy atom. The summed E-state index contributed by atoms with van der Waals surface area (Å²) in [5.74, 6) is 0. The van der Waals surface area contributed by atoms with E-state index in [1.54, 1.807) is 0 Å². The van der Waals surface area contributed by atoms with E-state index in [1.807, 2.05) is 34.6 Å². The molecule has 2 N–H and O–H groups in total. The van der Waals surface area contributed by atoms with Gasteiger partial charge in [0.2, 0.25) is 10.0 Å². The Labute approximate surface area is 124 Å². The molecule has 20 heavy (non-hydrogen) atoms. The number of H-pyrrole nitrogens is 1. The maximum Gasteiger partial charge on any atom is 0.266 e. The van der Waals surface area contributed by atoms with Gasteiger partial charge in [-0.2, -0.15) is 0 Å². The van der Waals surface area contributed by atoms with E-state index >= 15 is 0 Å². The molecule has 1 aromatic rings. The van der Waals surface area contributed by atoms with Gasteiger partial charge < -0.3 is 4.98 Å². The van der Waals surface area contributed by atoms with Crippen LogP contribution in [0.25, 0.3) is 0 Å². The van der Waals surface area contributed by atoms with Gasteiger partial charge in [-0.05, 0) is 31.7 Å². The lowest BCUT2D eigenvalue weighted by Crippen LogP contribution is -2.45. The molecule has 0 amide bonds. The molecule has 0 radical (unpaired) electrons. The van der Waals surface area contributed by atoms with Gasteiger partial charge in [-0.3, -0.25) is 4.79 Å². The summed E-state index contributed by atoms with van der Waals surface area (Å²) < 4.78 is 27.3. The standard InChI is InChI=1S/C13H21ClN2O3S/c1-12(2,3)8-13(4,5)16-20(18,19)9-6-10(14)11(17)15-7-9/h6-7,16H,8H2,1-5H3,(H,15,17). The number of aromatic amines is 1. The van der Waals surface area contributed by atoms with Crippen LogP contribution < -0.4 is 10.3 Å². The summed E-state index contributed by atoms with van der Waals surface area (Å²) in [6, 6.07) is 1.15. The van der Waals surface area contributed by atoms with Gasteiger partial charge in [0.1, 0.15) is 5.02 Å². The minimum Gasteiger partial charge on any atom is -0.326 e. The molecule has 1 heterocycles. The number of hydrogen-bond acceptors (Lipinski definition) is 3. The number of hydrogen-bond donors (Lipinski definition) is 2. The van der Waals surface area contributed by atoms with Crippen LogP contribution in [0.15, 0.2) is 22.0 Å². The highest BCUT2D eigenvalue weighted by atomic mass is 35.5. The molecule has 0 saturated heterocycles. The first-order valence-electron chi connectivity index (χ1n) is 6.25. The lowest BCUT2D eigenvalue weighted by Gasteiger charge is -2.32. The van der Waals surface area contributed by atoms with Crippen molar-refractivity contribution in [2.45, 2.75) is 51.5 Å². The monoisotopic (exact) mass is 320 g/mol. The van der Waals surface area contributed by atoms with E-state index in [0.29, 0.717) is 6.42 Å². The Balaban J connectivity index is 3.06. The molecule has 7 heteroatoms. The quantitative estimate of drug-likeness (QED) is 0.894. The van der Waals surface area contributed by atoms with Crippen molar-refractivity contribution in [3.8, 4) is 0 Å². The second-order valence-corrected chi connectivity index (χ2v) is 8.83. The second-order valence-electron chi connectivity index (χ2n) is 6.74. The van der Waals surface area contributed by atoms with Crippen LogP contribution >= 0.6 is 11.6 Å². The molecule has 0 aromatic carbocycles. The molecule has 0 saturated carbocycles. The average Bonchev–Trinajstić information content (AvgIpc) is 2.16. The van der Waals surface area contributed by atoms with Crippen molar-refractivity contribution in [3.63, 3.8) is 0 Å². The molecule has 0 atom stereocenters. The molecule has 0 aliphatic rings. The van der Waals surface area contributed by atoms with Crippen LogP contribution in [0.5, 0.6) is 0 Å². The Bertz CT molecular complexity index is 642. The van der Waals surface area contributed by atoms with Gasteiger partial charge in [0, 0.05) is 11.7 Å². The highest BCUT2D eigenvalue weighted by molar-refractivity contribution is 7.89. The van der Waals surface area contributed by atoms with Crippen LogP contribution in [-0.2, 0) is 10.0 Å². The molecule has 114 valence electrons. The molecule has 1 rings (SSSR count). The van der Waals surface area contributed by atoms with Gasteiger partial charge in [-0.25, -0.2) is 13.1 Å². The van der Waals surface area contributed by atoms with Gasteiger partial charge in [0.05, 0.1) is 4.90 Å². The maximum absolute atomic E-state index is 12.3. The number of halogens is 1. The molecule has 0 fully saturated rings. The summed E-state index contributed by atoms with van der Waals surface area (Å²) in [5, 5.41) is -0.151. The number of sulfonamides is 1. The molecule has 0 aliphatic carbocycles. The Hall–Kier alpha value is -0.850. The van der Waals surface area contributed by atoms with Crippen LogP contribution in [0, 0.1) is 5.41 Å². The van der Waals surface area contributed by atoms with Gasteiger partial charge in [-0.1, -0.05) is 32.4 Å². The number of aromatic nitrogens is 1. The van der Waals surface area contributed by atoms with E-state index in [1.165, 1.54) is 0 Å². The predicted molar refractivity (Wildman–Crippen MR) is 80.5 cm³/mol. The zero-order valence-electron chi connectivity index (χ0n) is 12.4. The molecular weight excluding hydrogens is 300 g/mol. The highest BCUT2D eigenvalue weighted by Crippen LogP contribution is 2.28. The predicted octanol–water partition coefficient (Wildman–Crippen LogP) is 2.52. The molecule has 0 bridgehead atoms. The maximum atomic E-state index is 12.3. The average molecular weight is 321 g/mol. The van der Waals surface area contributed by atoms with Crippen molar-refractivity contribution in [2.75, 3.05) is 0 Å². The fourth-order valence-electron chi connectivity index (χ4n) is 2.38. The first-order chi connectivity index (χ1) is 8.82. The van der Waals surface area contributed by atoms with Crippen molar-refractivity contribution < 1.29 is 8.42 Å². The van der Waals surface area contributed by atoms with Gasteiger partial charge in [0.15, 0.2) is 0 Å². The minimum absolute atomic E-state index is 0.0192. The Morgan fingerprint density at radius 3 is 2.25 bits per heavy atom. The van der Waals surface area contributed by atoms with Crippen LogP contribution in [0.2, 0.25) is 5.02 Å². The van der Waals surface area contributed by atoms with Crippen molar-refractivity contribution >= 4 is 21.6 Å². The van der Waals surface area contributed by atoms with Gasteiger partial charge in [-0.15, -0.1) is 0 Å². The van der Waals surface area contributed by atoms with Gasteiger partial charge >= 0.3 is 0 Å². The molecule has 0 spiro atoms. The van der Waals surface area contributed by atoms with E-state index in [-0.39, 0.29) is 15.3 Å². The second kappa shape index (κ2) is 5.50. The Morgan fingerprint density at radius 1 is 1.25 bits per heavy atom. The Kier molecular flexibility index (Phi) is 4.73.